The lowest BCUT2D eigenvalue weighted by Gasteiger charge is -2.13. The Balaban J connectivity index is 2.36. The molecule has 0 atom stereocenters. The normalized spacial score (nSPS) is 11.9. The van der Waals surface area contributed by atoms with Gasteiger partial charge in [-0.05, 0) is 25.1 Å². The van der Waals surface area contributed by atoms with E-state index in [4.69, 9.17) is 0 Å². The molecule has 0 saturated carbocycles. The summed E-state index contributed by atoms with van der Waals surface area (Å²) >= 11 is 0. The summed E-state index contributed by atoms with van der Waals surface area (Å²) in [5.41, 5.74) is -1.42. The summed E-state index contributed by atoms with van der Waals surface area (Å²) in [5, 5.41) is 3.84. The minimum absolute atomic E-state index is 0.00525. The Labute approximate surface area is 127 Å². The molecule has 118 valence electrons. The molecule has 4 nitrogen and oxygen atoms in total. The van der Waals surface area contributed by atoms with Crippen molar-refractivity contribution in [1.82, 2.24) is 14.8 Å². The molecule has 3 aromatic rings. The molecule has 0 aliphatic carbocycles. The highest BCUT2D eigenvalue weighted by Gasteiger charge is 2.40. The Morgan fingerprint density at radius 2 is 1.96 bits per heavy atom. The fraction of sp³-hybridized carbons (Fsp3) is 0.133. The van der Waals surface area contributed by atoms with E-state index in [-0.39, 0.29) is 11.1 Å². The predicted octanol–water partition coefficient (Wildman–Crippen LogP) is 3.78. The summed E-state index contributed by atoms with van der Waals surface area (Å²) in [6.07, 6.45) is -2.96. The van der Waals surface area contributed by atoms with Crippen molar-refractivity contribution in [3.8, 4) is 5.69 Å². The van der Waals surface area contributed by atoms with Crippen LogP contribution in [0.2, 0.25) is 0 Å². The monoisotopic (exact) mass is 323 g/mol. The maximum atomic E-state index is 13.4. The Bertz CT molecular complexity index is 915. The molecule has 0 aliphatic rings. The van der Waals surface area contributed by atoms with Crippen molar-refractivity contribution < 1.29 is 22.4 Å². The molecule has 23 heavy (non-hydrogen) atoms. The van der Waals surface area contributed by atoms with Gasteiger partial charge in [0.1, 0.15) is 5.82 Å². The van der Waals surface area contributed by atoms with Gasteiger partial charge in [0.05, 0.1) is 29.2 Å². The molecular weight excluding hydrogens is 314 g/mol. The molecule has 0 unspecified atom stereocenters. The molecule has 3 rings (SSSR count). The number of hydrogen-bond acceptors (Lipinski definition) is 3. The number of ketones is 1. The fourth-order valence-corrected chi connectivity index (χ4v) is 2.35. The zero-order valence-electron chi connectivity index (χ0n) is 11.7. The number of Topliss-reactive ketones (excluding diaryl/α,β-unsaturated/α-hetero) is 1. The van der Waals surface area contributed by atoms with Crippen molar-refractivity contribution in [2.45, 2.75) is 13.1 Å². The number of nitrogens with zero attached hydrogens (tertiary/aromatic N) is 3. The van der Waals surface area contributed by atoms with Crippen molar-refractivity contribution in [3.63, 3.8) is 0 Å². The first-order valence-electron chi connectivity index (χ1n) is 6.50. The van der Waals surface area contributed by atoms with E-state index in [1.54, 1.807) is 6.07 Å². The molecule has 0 amide bonds. The maximum Gasteiger partial charge on any atom is 0.434 e. The van der Waals surface area contributed by atoms with Crippen molar-refractivity contribution in [3.05, 3.63) is 53.7 Å². The van der Waals surface area contributed by atoms with Crippen LogP contribution in [0.15, 0.2) is 36.7 Å². The van der Waals surface area contributed by atoms with Gasteiger partial charge in [0.15, 0.2) is 11.5 Å². The SMILES string of the molecule is CC(=O)c1cnn(-c2cccc3ncc(F)cc23)c1C(F)(F)F. The minimum atomic E-state index is -4.79. The molecule has 8 heteroatoms. The molecule has 2 aromatic heterocycles. The predicted molar refractivity (Wildman–Crippen MR) is 73.8 cm³/mol. The van der Waals surface area contributed by atoms with E-state index in [2.05, 4.69) is 10.1 Å². The van der Waals surface area contributed by atoms with E-state index < -0.39 is 29.0 Å². The molecule has 0 N–H and O–H groups in total. The van der Waals surface area contributed by atoms with Gasteiger partial charge in [-0.1, -0.05) is 6.07 Å². The summed E-state index contributed by atoms with van der Waals surface area (Å²) in [6.45, 7) is 1.03. The average molecular weight is 323 g/mol. The van der Waals surface area contributed by atoms with E-state index in [1.807, 2.05) is 0 Å². The van der Waals surface area contributed by atoms with Crippen LogP contribution in [0.25, 0.3) is 16.6 Å². The third-order valence-electron chi connectivity index (χ3n) is 3.31. The zero-order valence-corrected chi connectivity index (χ0v) is 11.7. The smallest absolute Gasteiger partial charge is 0.294 e. The summed E-state index contributed by atoms with van der Waals surface area (Å²) < 4.78 is 54.1. The van der Waals surface area contributed by atoms with E-state index >= 15 is 0 Å². The van der Waals surface area contributed by atoms with E-state index in [9.17, 15) is 22.4 Å². The highest BCUT2D eigenvalue weighted by atomic mass is 19.4. The van der Waals surface area contributed by atoms with Gasteiger partial charge in [-0.25, -0.2) is 9.07 Å². The minimum Gasteiger partial charge on any atom is -0.294 e. The van der Waals surface area contributed by atoms with Crippen LogP contribution in [-0.2, 0) is 6.18 Å². The lowest BCUT2D eigenvalue weighted by molar-refractivity contribution is -0.143. The van der Waals surface area contributed by atoms with Crippen LogP contribution >= 0.6 is 0 Å². The molecule has 0 saturated heterocycles. The van der Waals surface area contributed by atoms with Gasteiger partial charge in [0.25, 0.3) is 0 Å². The van der Waals surface area contributed by atoms with Gasteiger partial charge in [-0.15, -0.1) is 0 Å². The third kappa shape index (κ3) is 2.56. The second-order valence-electron chi connectivity index (χ2n) is 4.87. The van der Waals surface area contributed by atoms with Gasteiger partial charge in [0, 0.05) is 5.39 Å². The van der Waals surface area contributed by atoms with E-state index in [0.29, 0.717) is 10.2 Å². The van der Waals surface area contributed by atoms with Crippen LogP contribution in [0, 0.1) is 5.82 Å². The first kappa shape index (κ1) is 15.1. The lowest BCUT2D eigenvalue weighted by Crippen LogP contribution is -2.17. The highest BCUT2D eigenvalue weighted by molar-refractivity contribution is 5.95. The summed E-state index contributed by atoms with van der Waals surface area (Å²) in [4.78, 5) is 15.3. The number of carbonyl (C=O) groups excluding carboxylic acids is 1. The average Bonchev–Trinajstić information content (AvgIpc) is 2.91. The van der Waals surface area contributed by atoms with E-state index in [1.165, 1.54) is 12.1 Å². The lowest BCUT2D eigenvalue weighted by atomic mass is 10.1. The molecular formula is C15H9F4N3O. The Kier molecular flexibility index (Phi) is 3.39. The topological polar surface area (TPSA) is 47.8 Å². The highest BCUT2D eigenvalue weighted by Crippen LogP contribution is 2.35. The second-order valence-corrected chi connectivity index (χ2v) is 4.87. The van der Waals surface area contributed by atoms with Crippen molar-refractivity contribution in [1.29, 1.82) is 0 Å². The maximum absolute atomic E-state index is 13.4. The quantitative estimate of drug-likeness (QED) is 0.533. The Morgan fingerprint density at radius 1 is 1.22 bits per heavy atom. The van der Waals surface area contributed by atoms with Crippen LogP contribution in [0.5, 0.6) is 0 Å². The Hall–Kier alpha value is -2.77. The number of alkyl halides is 3. The number of fused-ring (bicyclic) bond motifs is 1. The van der Waals surface area contributed by atoms with E-state index in [0.717, 1.165) is 25.4 Å². The van der Waals surface area contributed by atoms with Crippen LogP contribution in [0.3, 0.4) is 0 Å². The Morgan fingerprint density at radius 3 is 2.61 bits per heavy atom. The zero-order chi connectivity index (χ0) is 16.8. The third-order valence-corrected chi connectivity index (χ3v) is 3.31. The van der Waals surface area contributed by atoms with Gasteiger partial charge < -0.3 is 0 Å². The number of aromatic nitrogens is 3. The fourth-order valence-electron chi connectivity index (χ4n) is 2.35. The summed E-state index contributed by atoms with van der Waals surface area (Å²) in [5.74, 6) is -1.44. The van der Waals surface area contributed by atoms with Crippen LogP contribution in [0.4, 0.5) is 17.6 Å². The standard InChI is InChI=1S/C15H9F4N3O/c1-8(23)11-7-21-22(14(11)15(17,18)19)13-4-2-3-12-10(13)5-9(16)6-20-12/h2-7H,1H3. The number of carbonyl (C=O) groups is 1. The van der Waals surface area contributed by atoms with Gasteiger partial charge in [-0.3, -0.25) is 9.78 Å². The molecule has 0 radical (unpaired) electrons. The van der Waals surface area contributed by atoms with Gasteiger partial charge in [-0.2, -0.15) is 18.3 Å². The number of pyridine rings is 1. The number of hydrogen-bond donors (Lipinski definition) is 0. The van der Waals surface area contributed by atoms with Gasteiger partial charge in [0.2, 0.25) is 0 Å². The van der Waals surface area contributed by atoms with Crippen LogP contribution < -0.4 is 0 Å². The summed E-state index contributed by atoms with van der Waals surface area (Å²) in [7, 11) is 0. The number of rotatable bonds is 2. The molecule has 2 heterocycles. The molecule has 0 aliphatic heterocycles. The first-order chi connectivity index (χ1) is 10.8. The van der Waals surface area contributed by atoms with Gasteiger partial charge >= 0.3 is 6.18 Å². The largest absolute Gasteiger partial charge is 0.434 e. The molecule has 0 bridgehead atoms. The van der Waals surface area contributed by atoms with Crippen LogP contribution in [0.1, 0.15) is 23.0 Å². The van der Waals surface area contributed by atoms with Crippen molar-refractivity contribution in [2.24, 2.45) is 0 Å². The second kappa shape index (κ2) is 5.15. The molecule has 1 aromatic carbocycles. The molecule has 0 fully saturated rings. The number of halogens is 4. The summed E-state index contributed by atoms with van der Waals surface area (Å²) in [6, 6.07) is 5.46. The van der Waals surface area contributed by atoms with Crippen molar-refractivity contribution >= 4 is 16.7 Å². The number of benzene rings is 1. The molecule has 0 spiro atoms. The first-order valence-corrected chi connectivity index (χ1v) is 6.50. The van der Waals surface area contributed by atoms with Crippen molar-refractivity contribution in [2.75, 3.05) is 0 Å². The van der Waals surface area contributed by atoms with Crippen LogP contribution in [-0.4, -0.2) is 20.5 Å².